The minimum Gasteiger partial charge on any atom is -0.507 e. The number of aromatic nitrogens is 2. The molecule has 0 aliphatic carbocycles. The molecule has 23 heavy (non-hydrogen) atoms. The first-order chi connectivity index (χ1) is 10.5. The molecule has 0 saturated carbocycles. The van der Waals surface area contributed by atoms with E-state index in [1.165, 1.54) is 0 Å². The second kappa shape index (κ2) is 6.00. The molecule has 0 spiro atoms. The zero-order valence-corrected chi connectivity index (χ0v) is 15.3. The van der Waals surface area contributed by atoms with Crippen LogP contribution in [0, 0.1) is 0 Å². The molecule has 1 heterocycles. The zero-order valence-electron chi connectivity index (χ0n) is 14.5. The van der Waals surface area contributed by atoms with Gasteiger partial charge in [-0.05, 0) is 35.1 Å². The summed E-state index contributed by atoms with van der Waals surface area (Å²) in [6.45, 7) is 12.5. The van der Waals surface area contributed by atoms with Crippen LogP contribution in [0.25, 0.3) is 0 Å². The van der Waals surface area contributed by atoms with Crippen molar-refractivity contribution in [3.63, 3.8) is 0 Å². The van der Waals surface area contributed by atoms with E-state index in [2.05, 4.69) is 57.1 Å². The number of nitrogens with zero attached hydrogens (tertiary/aromatic N) is 2. The molecule has 0 radical (unpaired) electrons. The van der Waals surface area contributed by atoms with Crippen LogP contribution in [-0.4, -0.2) is 15.3 Å². The Labute approximate surface area is 142 Å². The molecule has 0 bridgehead atoms. The molecule has 1 aromatic heterocycles. The van der Waals surface area contributed by atoms with Gasteiger partial charge in [0.2, 0.25) is 0 Å². The molecule has 0 unspecified atom stereocenters. The Morgan fingerprint density at radius 1 is 0.913 bits per heavy atom. The Kier molecular flexibility index (Phi) is 4.58. The summed E-state index contributed by atoms with van der Waals surface area (Å²) in [5, 5.41) is 22.2. The number of hydrogen-bond donors (Lipinski definition) is 2. The normalized spacial score (nSPS) is 12.3. The standard InChI is InChI=1S/C18H24ClN3O/c1-17(2,3)12-9-11(10-13(16(12)23)18(4,5)6)20-15-8-7-14(19)21-22-15/h7-10,23H,1-6H3,(H,20,22). The van der Waals surface area contributed by atoms with Crippen molar-refractivity contribution >= 4 is 23.1 Å². The van der Waals surface area contributed by atoms with E-state index in [0.29, 0.717) is 16.7 Å². The Hall–Kier alpha value is -1.81. The van der Waals surface area contributed by atoms with E-state index in [9.17, 15) is 5.11 Å². The molecule has 0 fully saturated rings. The van der Waals surface area contributed by atoms with Gasteiger partial charge in [0.05, 0.1) is 0 Å². The van der Waals surface area contributed by atoms with Crippen LogP contribution in [0.15, 0.2) is 24.3 Å². The van der Waals surface area contributed by atoms with Crippen molar-refractivity contribution in [2.45, 2.75) is 52.4 Å². The summed E-state index contributed by atoms with van der Waals surface area (Å²) < 4.78 is 0. The molecule has 0 aliphatic rings. The van der Waals surface area contributed by atoms with E-state index in [4.69, 9.17) is 11.6 Å². The Morgan fingerprint density at radius 3 is 1.83 bits per heavy atom. The summed E-state index contributed by atoms with van der Waals surface area (Å²) in [4.78, 5) is 0. The van der Waals surface area contributed by atoms with Crippen LogP contribution < -0.4 is 5.32 Å². The van der Waals surface area contributed by atoms with Gasteiger partial charge in [-0.15, -0.1) is 10.2 Å². The average Bonchev–Trinajstić information content (AvgIpc) is 2.40. The van der Waals surface area contributed by atoms with Crippen LogP contribution in [-0.2, 0) is 10.8 Å². The van der Waals surface area contributed by atoms with Gasteiger partial charge in [0.1, 0.15) is 5.75 Å². The van der Waals surface area contributed by atoms with Gasteiger partial charge in [0, 0.05) is 16.8 Å². The fraction of sp³-hybridized carbons (Fsp3) is 0.444. The van der Waals surface area contributed by atoms with Crippen molar-refractivity contribution in [1.82, 2.24) is 10.2 Å². The Balaban J connectivity index is 2.53. The van der Waals surface area contributed by atoms with Gasteiger partial charge in [-0.3, -0.25) is 0 Å². The highest BCUT2D eigenvalue weighted by atomic mass is 35.5. The first-order valence-corrected chi connectivity index (χ1v) is 8.00. The van der Waals surface area contributed by atoms with E-state index in [0.717, 1.165) is 16.8 Å². The summed E-state index contributed by atoms with van der Waals surface area (Å²) in [5.41, 5.74) is 2.32. The van der Waals surface area contributed by atoms with Gasteiger partial charge in [-0.1, -0.05) is 53.1 Å². The quantitative estimate of drug-likeness (QED) is 0.744. The summed E-state index contributed by atoms with van der Waals surface area (Å²) in [5.74, 6) is 0.970. The molecule has 0 amide bonds. The number of anilines is 2. The monoisotopic (exact) mass is 333 g/mol. The van der Waals surface area contributed by atoms with Gasteiger partial charge in [0.25, 0.3) is 0 Å². The maximum Gasteiger partial charge on any atom is 0.153 e. The maximum absolute atomic E-state index is 10.7. The predicted octanol–water partition coefficient (Wildman–Crippen LogP) is 5.17. The number of nitrogens with one attached hydrogen (secondary N) is 1. The number of hydrogen-bond acceptors (Lipinski definition) is 4. The molecule has 0 atom stereocenters. The van der Waals surface area contributed by atoms with Gasteiger partial charge >= 0.3 is 0 Å². The minimum atomic E-state index is -0.173. The minimum absolute atomic E-state index is 0.173. The molecule has 4 nitrogen and oxygen atoms in total. The highest BCUT2D eigenvalue weighted by Crippen LogP contribution is 2.41. The number of aromatic hydroxyl groups is 1. The number of phenols is 1. The van der Waals surface area contributed by atoms with Crippen molar-refractivity contribution in [2.24, 2.45) is 0 Å². The van der Waals surface area contributed by atoms with E-state index >= 15 is 0 Å². The fourth-order valence-corrected chi connectivity index (χ4v) is 2.48. The summed E-state index contributed by atoms with van der Waals surface area (Å²) >= 11 is 5.77. The van der Waals surface area contributed by atoms with Gasteiger partial charge < -0.3 is 10.4 Å². The van der Waals surface area contributed by atoms with Crippen molar-refractivity contribution in [3.8, 4) is 5.75 Å². The van der Waals surface area contributed by atoms with Crippen LogP contribution in [0.4, 0.5) is 11.5 Å². The van der Waals surface area contributed by atoms with Gasteiger partial charge in [-0.2, -0.15) is 0 Å². The maximum atomic E-state index is 10.7. The molecule has 2 N–H and O–H groups in total. The lowest BCUT2D eigenvalue weighted by atomic mass is 9.79. The zero-order chi connectivity index (χ0) is 17.4. The molecule has 1 aromatic carbocycles. The first-order valence-electron chi connectivity index (χ1n) is 7.63. The molecule has 5 heteroatoms. The summed E-state index contributed by atoms with van der Waals surface area (Å²) in [7, 11) is 0. The third-order valence-electron chi connectivity index (χ3n) is 3.63. The molecular weight excluding hydrogens is 310 g/mol. The lowest BCUT2D eigenvalue weighted by Gasteiger charge is -2.28. The Bertz CT molecular complexity index is 663. The first kappa shape index (κ1) is 17.5. The van der Waals surface area contributed by atoms with Crippen LogP contribution in [0.1, 0.15) is 52.7 Å². The van der Waals surface area contributed by atoms with E-state index in [1.807, 2.05) is 12.1 Å². The van der Waals surface area contributed by atoms with E-state index in [1.54, 1.807) is 12.1 Å². The predicted molar refractivity (Wildman–Crippen MR) is 95.8 cm³/mol. The number of rotatable bonds is 2. The van der Waals surface area contributed by atoms with Crippen LogP contribution in [0.2, 0.25) is 5.15 Å². The number of halogens is 1. The largest absolute Gasteiger partial charge is 0.507 e. The highest BCUT2D eigenvalue weighted by molar-refractivity contribution is 6.29. The van der Waals surface area contributed by atoms with E-state index < -0.39 is 0 Å². The van der Waals surface area contributed by atoms with Crippen molar-refractivity contribution < 1.29 is 5.11 Å². The molecule has 2 aromatic rings. The lowest BCUT2D eigenvalue weighted by Crippen LogP contribution is -2.17. The fourth-order valence-electron chi connectivity index (χ4n) is 2.38. The highest BCUT2D eigenvalue weighted by Gasteiger charge is 2.26. The Morgan fingerprint density at radius 2 is 1.43 bits per heavy atom. The topological polar surface area (TPSA) is 58.0 Å². The second-order valence-corrected chi connectivity index (χ2v) is 8.17. The average molecular weight is 334 g/mol. The van der Waals surface area contributed by atoms with Gasteiger partial charge in [-0.25, -0.2) is 0 Å². The smallest absolute Gasteiger partial charge is 0.153 e. The third-order valence-corrected chi connectivity index (χ3v) is 3.83. The second-order valence-electron chi connectivity index (χ2n) is 7.79. The van der Waals surface area contributed by atoms with Crippen LogP contribution >= 0.6 is 11.6 Å². The molecule has 2 rings (SSSR count). The van der Waals surface area contributed by atoms with Gasteiger partial charge in [0.15, 0.2) is 11.0 Å². The van der Waals surface area contributed by atoms with E-state index in [-0.39, 0.29) is 10.8 Å². The number of benzene rings is 1. The van der Waals surface area contributed by atoms with Crippen molar-refractivity contribution in [1.29, 1.82) is 0 Å². The molecular formula is C18H24ClN3O. The van der Waals surface area contributed by atoms with Crippen LogP contribution in [0.3, 0.4) is 0 Å². The third kappa shape index (κ3) is 4.14. The summed E-state index contributed by atoms with van der Waals surface area (Å²) in [6.07, 6.45) is 0. The van der Waals surface area contributed by atoms with Crippen molar-refractivity contribution in [3.05, 3.63) is 40.5 Å². The van der Waals surface area contributed by atoms with Crippen molar-refractivity contribution in [2.75, 3.05) is 5.32 Å². The molecule has 124 valence electrons. The summed E-state index contributed by atoms with van der Waals surface area (Å²) in [6, 6.07) is 7.38. The lowest BCUT2D eigenvalue weighted by molar-refractivity contribution is 0.423. The van der Waals surface area contributed by atoms with Crippen LogP contribution in [0.5, 0.6) is 5.75 Å². The molecule has 0 saturated heterocycles. The molecule has 0 aliphatic heterocycles. The number of phenolic OH excluding ortho intramolecular Hbond substituents is 1. The SMILES string of the molecule is CC(C)(C)c1cc(Nc2ccc(Cl)nn2)cc(C(C)(C)C)c1O.